The molecule has 174 valence electrons. The maximum Gasteiger partial charge on any atom is 0.147 e. The zero-order valence-corrected chi connectivity index (χ0v) is 19.5. The first kappa shape index (κ1) is 22.1. The molecule has 0 saturated heterocycles. The molecule has 3 aromatic rings. The molecule has 0 radical (unpaired) electrons. The Morgan fingerprint density at radius 3 is 2.73 bits per heavy atom. The van der Waals surface area contributed by atoms with Crippen LogP contribution in [0.3, 0.4) is 0 Å². The van der Waals surface area contributed by atoms with Crippen LogP contribution in [0.5, 0.6) is 5.75 Å². The van der Waals surface area contributed by atoms with Crippen molar-refractivity contribution < 1.29 is 18.7 Å². The van der Waals surface area contributed by atoms with Crippen molar-refractivity contribution in [3.8, 4) is 5.75 Å². The number of ether oxygens (including phenoxy) is 1. The highest BCUT2D eigenvalue weighted by molar-refractivity contribution is 6.11. The van der Waals surface area contributed by atoms with E-state index in [0.717, 1.165) is 52.1 Å². The van der Waals surface area contributed by atoms with Crippen molar-refractivity contribution in [3.63, 3.8) is 0 Å². The van der Waals surface area contributed by atoms with Crippen molar-refractivity contribution in [2.24, 2.45) is 5.92 Å². The summed E-state index contributed by atoms with van der Waals surface area (Å²) >= 11 is 0. The Bertz CT molecular complexity index is 1160. The fraction of sp³-hybridized carbons (Fsp3) is 0.500. The molecule has 5 rings (SSSR count). The summed E-state index contributed by atoms with van der Waals surface area (Å²) in [6.45, 7) is 2.74. The Kier molecular flexibility index (Phi) is 6.50. The third-order valence-electron chi connectivity index (χ3n) is 7.44. The molecule has 0 amide bonds. The summed E-state index contributed by atoms with van der Waals surface area (Å²) in [6, 6.07) is 10.1. The zero-order valence-electron chi connectivity index (χ0n) is 19.5. The van der Waals surface area contributed by atoms with Crippen molar-refractivity contribution in [1.29, 1.82) is 0 Å². The van der Waals surface area contributed by atoms with Crippen LogP contribution < -0.4 is 4.74 Å². The number of carbonyl (C=O) groups is 2. The lowest BCUT2D eigenvalue weighted by Crippen LogP contribution is -2.30. The van der Waals surface area contributed by atoms with Crippen LogP contribution >= 0.6 is 0 Å². The van der Waals surface area contributed by atoms with Gasteiger partial charge in [0.2, 0.25) is 0 Å². The lowest BCUT2D eigenvalue weighted by Gasteiger charge is -2.26. The second-order valence-electron chi connectivity index (χ2n) is 9.90. The number of hydrogen-bond donors (Lipinski definition) is 0. The molecule has 5 nitrogen and oxygen atoms in total. The Hall–Kier alpha value is -2.66. The van der Waals surface area contributed by atoms with Crippen molar-refractivity contribution >= 4 is 33.3 Å². The molecule has 1 aromatic heterocycles. The quantitative estimate of drug-likeness (QED) is 0.423. The first-order valence-electron chi connectivity index (χ1n) is 12.4. The molecule has 2 saturated carbocycles. The molecule has 0 spiro atoms. The van der Waals surface area contributed by atoms with E-state index in [4.69, 9.17) is 9.15 Å². The third kappa shape index (κ3) is 4.84. The van der Waals surface area contributed by atoms with E-state index >= 15 is 0 Å². The standard InChI is InChI=1S/C28H33NO4/c1-29(17-19-5-3-2-4-6-19)13-14-32-22-9-11-23-20(15-22)7-12-27-28(23)25(18-33-27)24-10-8-21(30)16-26(24)31/h7,9,11-12,15,18-19,24H,2-6,8,10,13-14,16-17H2,1H3/t24-/m0/s1. The number of fused-ring (bicyclic) bond motifs is 3. The maximum atomic E-state index is 12.5. The van der Waals surface area contributed by atoms with Crippen LogP contribution in [0.15, 0.2) is 41.0 Å². The van der Waals surface area contributed by atoms with Crippen molar-refractivity contribution in [3.05, 3.63) is 42.2 Å². The summed E-state index contributed by atoms with van der Waals surface area (Å²) in [5.74, 6) is 1.48. The van der Waals surface area contributed by atoms with E-state index in [1.165, 1.54) is 32.1 Å². The highest BCUT2D eigenvalue weighted by Crippen LogP contribution is 2.39. The molecule has 1 heterocycles. The topological polar surface area (TPSA) is 59.8 Å². The van der Waals surface area contributed by atoms with Gasteiger partial charge >= 0.3 is 0 Å². The number of hydrogen-bond acceptors (Lipinski definition) is 5. The first-order chi connectivity index (χ1) is 16.1. The minimum absolute atomic E-state index is 0.00301. The number of nitrogens with zero attached hydrogens (tertiary/aromatic N) is 1. The van der Waals surface area contributed by atoms with Gasteiger partial charge in [-0.2, -0.15) is 0 Å². The van der Waals surface area contributed by atoms with E-state index in [-0.39, 0.29) is 23.9 Å². The molecule has 2 aliphatic rings. The van der Waals surface area contributed by atoms with E-state index in [1.54, 1.807) is 6.26 Å². The van der Waals surface area contributed by atoms with Gasteiger partial charge in [0.05, 0.1) is 12.7 Å². The van der Waals surface area contributed by atoms with E-state index in [0.29, 0.717) is 19.4 Å². The minimum Gasteiger partial charge on any atom is -0.492 e. The summed E-state index contributed by atoms with van der Waals surface area (Å²) in [5, 5.41) is 3.11. The fourth-order valence-corrected chi connectivity index (χ4v) is 5.64. The van der Waals surface area contributed by atoms with Gasteiger partial charge in [-0.25, -0.2) is 0 Å². The predicted octanol–water partition coefficient (Wildman–Crippen LogP) is 5.88. The van der Waals surface area contributed by atoms with E-state index in [1.807, 2.05) is 18.2 Å². The summed E-state index contributed by atoms with van der Waals surface area (Å²) in [7, 11) is 2.19. The minimum atomic E-state index is -0.259. The van der Waals surface area contributed by atoms with E-state index in [2.05, 4.69) is 24.1 Å². The SMILES string of the molecule is CN(CCOc1ccc2c(ccc3occ([C@@H]4CCC(=O)CC4=O)c32)c1)CC1CCCCC1. The van der Waals surface area contributed by atoms with Crippen LogP contribution in [0.4, 0.5) is 0 Å². The number of furan rings is 1. The van der Waals surface area contributed by atoms with Crippen molar-refractivity contribution in [2.45, 2.75) is 57.3 Å². The molecule has 2 aliphatic carbocycles. The van der Waals surface area contributed by atoms with Crippen molar-refractivity contribution in [1.82, 2.24) is 4.90 Å². The van der Waals surface area contributed by atoms with Gasteiger partial charge in [0.25, 0.3) is 0 Å². The fourth-order valence-electron chi connectivity index (χ4n) is 5.64. The lowest BCUT2D eigenvalue weighted by atomic mass is 9.81. The van der Waals surface area contributed by atoms with Gasteiger partial charge in [0, 0.05) is 36.4 Å². The summed E-state index contributed by atoms with van der Waals surface area (Å²) < 4.78 is 11.9. The number of carbonyl (C=O) groups excluding carboxylic acids is 2. The average molecular weight is 448 g/mol. The van der Waals surface area contributed by atoms with E-state index in [9.17, 15) is 9.59 Å². The number of benzene rings is 2. The van der Waals surface area contributed by atoms with Crippen LogP contribution in [-0.2, 0) is 9.59 Å². The molecule has 0 N–H and O–H groups in total. The number of ketones is 2. The normalized spacial score (nSPS) is 20.2. The smallest absolute Gasteiger partial charge is 0.147 e. The Morgan fingerprint density at radius 1 is 1.06 bits per heavy atom. The molecule has 0 aliphatic heterocycles. The van der Waals surface area contributed by atoms with Crippen LogP contribution in [-0.4, -0.2) is 43.2 Å². The zero-order chi connectivity index (χ0) is 22.8. The highest BCUT2D eigenvalue weighted by Gasteiger charge is 2.31. The van der Waals surface area contributed by atoms with Gasteiger partial charge in [0.1, 0.15) is 29.5 Å². The van der Waals surface area contributed by atoms with Gasteiger partial charge in [-0.1, -0.05) is 25.3 Å². The van der Waals surface area contributed by atoms with Crippen LogP contribution in [0.1, 0.15) is 62.8 Å². The van der Waals surface area contributed by atoms with Crippen LogP contribution in [0, 0.1) is 5.92 Å². The Morgan fingerprint density at radius 2 is 1.91 bits per heavy atom. The number of rotatable bonds is 7. The molecule has 1 atom stereocenters. The molecule has 2 aromatic carbocycles. The van der Waals surface area contributed by atoms with Crippen LogP contribution in [0.25, 0.3) is 21.7 Å². The van der Waals surface area contributed by atoms with Crippen molar-refractivity contribution in [2.75, 3.05) is 26.7 Å². The highest BCUT2D eigenvalue weighted by atomic mass is 16.5. The van der Waals surface area contributed by atoms with E-state index < -0.39 is 0 Å². The second kappa shape index (κ2) is 9.68. The molecule has 0 unspecified atom stereocenters. The summed E-state index contributed by atoms with van der Waals surface area (Å²) in [4.78, 5) is 26.6. The number of likely N-dealkylation sites (N-methyl/N-ethyl adjacent to an activating group) is 1. The summed E-state index contributed by atoms with van der Waals surface area (Å²) in [6.07, 6.45) is 9.65. The molecule has 2 fully saturated rings. The average Bonchev–Trinajstić information content (AvgIpc) is 3.24. The van der Waals surface area contributed by atoms with Gasteiger partial charge in [-0.05, 0) is 67.3 Å². The van der Waals surface area contributed by atoms with Crippen LogP contribution in [0.2, 0.25) is 0 Å². The maximum absolute atomic E-state index is 12.5. The third-order valence-corrected chi connectivity index (χ3v) is 7.44. The summed E-state index contributed by atoms with van der Waals surface area (Å²) in [5.41, 5.74) is 1.69. The molecular formula is C28H33NO4. The predicted molar refractivity (Wildman–Crippen MR) is 130 cm³/mol. The first-order valence-corrected chi connectivity index (χ1v) is 12.4. The van der Waals surface area contributed by atoms with Gasteiger partial charge in [-0.15, -0.1) is 0 Å². The van der Waals surface area contributed by atoms with Gasteiger partial charge in [0.15, 0.2) is 0 Å². The molecule has 33 heavy (non-hydrogen) atoms. The second-order valence-corrected chi connectivity index (χ2v) is 9.90. The van der Waals surface area contributed by atoms with Gasteiger partial charge < -0.3 is 14.1 Å². The molecular weight excluding hydrogens is 414 g/mol. The molecule has 0 bridgehead atoms. The van der Waals surface area contributed by atoms with Gasteiger partial charge in [-0.3, -0.25) is 9.59 Å². The Labute approximate surface area is 195 Å². The number of Topliss-reactive ketones (excluding diaryl/α,β-unsaturated/α-hetero) is 2. The monoisotopic (exact) mass is 447 g/mol. The largest absolute Gasteiger partial charge is 0.492 e. The molecule has 5 heteroatoms. The lowest BCUT2D eigenvalue weighted by molar-refractivity contribution is -0.130. The Balaban J connectivity index is 1.29.